The van der Waals surface area contributed by atoms with Crippen molar-refractivity contribution in [3.8, 4) is 0 Å². The first-order chi connectivity index (χ1) is 9.70. The SMILES string of the molecule is CCC(C(=O)NCCCn1cccn1)n1cc(Cl)cn1. The van der Waals surface area contributed by atoms with E-state index in [0.717, 1.165) is 13.0 Å². The van der Waals surface area contributed by atoms with Crippen molar-refractivity contribution in [3.63, 3.8) is 0 Å². The van der Waals surface area contributed by atoms with Gasteiger partial charge in [-0.05, 0) is 18.9 Å². The maximum Gasteiger partial charge on any atom is 0.244 e. The lowest BCUT2D eigenvalue weighted by molar-refractivity contribution is -0.124. The lowest BCUT2D eigenvalue weighted by Gasteiger charge is -2.15. The third kappa shape index (κ3) is 3.84. The summed E-state index contributed by atoms with van der Waals surface area (Å²) in [6.07, 6.45) is 8.36. The summed E-state index contributed by atoms with van der Waals surface area (Å²) in [5, 5.41) is 11.7. The first-order valence-electron chi connectivity index (χ1n) is 6.65. The Bertz CT molecular complexity index is 537. The number of rotatable bonds is 7. The smallest absolute Gasteiger partial charge is 0.244 e. The lowest BCUT2D eigenvalue weighted by atomic mass is 10.2. The van der Waals surface area contributed by atoms with Gasteiger partial charge in [0.05, 0.1) is 11.2 Å². The van der Waals surface area contributed by atoms with E-state index in [0.29, 0.717) is 18.0 Å². The molecular formula is C13H18ClN5O. The predicted molar refractivity (Wildman–Crippen MR) is 76.4 cm³/mol. The van der Waals surface area contributed by atoms with Gasteiger partial charge >= 0.3 is 0 Å². The summed E-state index contributed by atoms with van der Waals surface area (Å²) >= 11 is 5.83. The van der Waals surface area contributed by atoms with Gasteiger partial charge in [-0.2, -0.15) is 10.2 Å². The van der Waals surface area contributed by atoms with Crippen LogP contribution in [0.1, 0.15) is 25.8 Å². The minimum Gasteiger partial charge on any atom is -0.354 e. The molecule has 108 valence electrons. The van der Waals surface area contributed by atoms with Crippen molar-refractivity contribution >= 4 is 17.5 Å². The fourth-order valence-corrected chi connectivity index (χ4v) is 2.12. The molecule has 0 spiro atoms. The van der Waals surface area contributed by atoms with Crippen LogP contribution in [-0.2, 0) is 11.3 Å². The highest BCUT2D eigenvalue weighted by molar-refractivity contribution is 6.30. The van der Waals surface area contributed by atoms with Gasteiger partial charge in [-0.1, -0.05) is 18.5 Å². The van der Waals surface area contributed by atoms with Crippen molar-refractivity contribution in [3.05, 3.63) is 35.9 Å². The lowest BCUT2D eigenvalue weighted by Crippen LogP contribution is -2.33. The van der Waals surface area contributed by atoms with Gasteiger partial charge in [0, 0.05) is 31.7 Å². The van der Waals surface area contributed by atoms with Crippen molar-refractivity contribution in [1.82, 2.24) is 24.9 Å². The Morgan fingerprint density at radius 2 is 2.35 bits per heavy atom. The second-order valence-electron chi connectivity index (χ2n) is 4.48. The van der Waals surface area contributed by atoms with Gasteiger partial charge in [-0.3, -0.25) is 14.2 Å². The van der Waals surface area contributed by atoms with Crippen LogP contribution in [0.15, 0.2) is 30.9 Å². The molecule has 20 heavy (non-hydrogen) atoms. The Kier molecular flexibility index (Phi) is 5.17. The molecule has 0 aliphatic rings. The van der Waals surface area contributed by atoms with E-state index in [9.17, 15) is 4.79 Å². The minimum absolute atomic E-state index is 0.0345. The third-order valence-electron chi connectivity index (χ3n) is 3.00. The predicted octanol–water partition coefficient (Wildman–Crippen LogP) is 1.89. The van der Waals surface area contributed by atoms with Crippen LogP contribution in [0.5, 0.6) is 0 Å². The number of halogens is 1. The molecule has 0 aliphatic heterocycles. The topological polar surface area (TPSA) is 64.7 Å². The standard InChI is InChI=1S/C13H18ClN5O/c1-2-12(19-10-11(14)9-17-19)13(20)15-5-3-7-18-8-4-6-16-18/h4,6,8-10,12H,2-3,5,7H2,1H3,(H,15,20). The monoisotopic (exact) mass is 295 g/mol. The average molecular weight is 296 g/mol. The zero-order chi connectivity index (χ0) is 14.4. The third-order valence-corrected chi connectivity index (χ3v) is 3.20. The molecule has 2 aromatic rings. The van der Waals surface area contributed by atoms with Gasteiger partial charge in [0.25, 0.3) is 0 Å². The Labute approximate surface area is 122 Å². The van der Waals surface area contributed by atoms with Gasteiger partial charge < -0.3 is 5.32 Å². The molecule has 0 aromatic carbocycles. The average Bonchev–Trinajstić information content (AvgIpc) is 3.07. The Balaban J connectivity index is 1.78. The van der Waals surface area contributed by atoms with Gasteiger partial charge in [0.1, 0.15) is 6.04 Å². The van der Waals surface area contributed by atoms with Gasteiger partial charge in [-0.15, -0.1) is 0 Å². The largest absolute Gasteiger partial charge is 0.354 e. The number of hydrogen-bond donors (Lipinski definition) is 1. The molecule has 1 unspecified atom stereocenters. The zero-order valence-corrected chi connectivity index (χ0v) is 12.1. The summed E-state index contributed by atoms with van der Waals surface area (Å²) in [4.78, 5) is 12.1. The quantitative estimate of drug-likeness (QED) is 0.793. The fraction of sp³-hybridized carbons (Fsp3) is 0.462. The van der Waals surface area contributed by atoms with Crippen molar-refractivity contribution < 1.29 is 4.79 Å². The van der Waals surface area contributed by atoms with E-state index in [1.807, 2.05) is 23.9 Å². The van der Waals surface area contributed by atoms with E-state index in [1.165, 1.54) is 6.20 Å². The number of hydrogen-bond acceptors (Lipinski definition) is 3. The molecule has 1 amide bonds. The Hall–Kier alpha value is -1.82. The molecule has 2 rings (SSSR count). The highest BCUT2D eigenvalue weighted by Gasteiger charge is 2.18. The second kappa shape index (κ2) is 7.09. The van der Waals surface area contributed by atoms with Crippen LogP contribution in [0.2, 0.25) is 5.02 Å². The van der Waals surface area contributed by atoms with Gasteiger partial charge in [0.15, 0.2) is 0 Å². The Morgan fingerprint density at radius 3 is 2.95 bits per heavy atom. The second-order valence-corrected chi connectivity index (χ2v) is 4.91. The van der Waals surface area contributed by atoms with Crippen molar-refractivity contribution in [2.45, 2.75) is 32.4 Å². The van der Waals surface area contributed by atoms with E-state index in [1.54, 1.807) is 17.1 Å². The molecule has 0 radical (unpaired) electrons. The van der Waals surface area contributed by atoms with Crippen molar-refractivity contribution in [2.24, 2.45) is 0 Å². The first-order valence-corrected chi connectivity index (χ1v) is 7.03. The number of carbonyl (C=O) groups excluding carboxylic acids is 1. The normalized spacial score (nSPS) is 12.3. The highest BCUT2D eigenvalue weighted by Crippen LogP contribution is 2.14. The summed E-state index contributed by atoms with van der Waals surface area (Å²) in [6, 6.07) is 1.57. The molecule has 2 aromatic heterocycles. The molecule has 7 heteroatoms. The first kappa shape index (κ1) is 14.6. The fourth-order valence-electron chi connectivity index (χ4n) is 1.98. The Morgan fingerprint density at radius 1 is 1.50 bits per heavy atom. The van der Waals surface area contributed by atoms with E-state index >= 15 is 0 Å². The van der Waals surface area contributed by atoms with E-state index in [-0.39, 0.29) is 11.9 Å². The van der Waals surface area contributed by atoms with Crippen molar-refractivity contribution in [1.29, 1.82) is 0 Å². The molecule has 2 heterocycles. The maximum absolute atomic E-state index is 12.1. The maximum atomic E-state index is 12.1. The van der Waals surface area contributed by atoms with Crippen molar-refractivity contribution in [2.75, 3.05) is 6.54 Å². The number of aryl methyl sites for hydroxylation is 1. The van der Waals surface area contributed by atoms with Crippen LogP contribution >= 0.6 is 11.6 Å². The molecule has 0 aliphatic carbocycles. The van der Waals surface area contributed by atoms with Crippen LogP contribution in [0.25, 0.3) is 0 Å². The molecule has 0 saturated heterocycles. The van der Waals surface area contributed by atoms with Crippen LogP contribution in [0.3, 0.4) is 0 Å². The van der Waals surface area contributed by atoms with Crippen LogP contribution in [0, 0.1) is 0 Å². The number of aromatic nitrogens is 4. The van der Waals surface area contributed by atoms with Crippen LogP contribution in [-0.4, -0.2) is 32.0 Å². The summed E-state index contributed by atoms with van der Waals surface area (Å²) in [5.41, 5.74) is 0. The van der Waals surface area contributed by atoms with E-state index < -0.39 is 0 Å². The van der Waals surface area contributed by atoms with E-state index in [4.69, 9.17) is 11.6 Å². The molecule has 6 nitrogen and oxygen atoms in total. The molecule has 1 atom stereocenters. The summed E-state index contributed by atoms with van der Waals surface area (Å²) in [5.74, 6) is -0.0345. The van der Waals surface area contributed by atoms with Gasteiger partial charge in [0.2, 0.25) is 5.91 Å². The molecular weight excluding hydrogens is 278 g/mol. The summed E-state index contributed by atoms with van der Waals surface area (Å²) in [6.45, 7) is 3.35. The molecule has 0 fully saturated rings. The molecule has 1 N–H and O–H groups in total. The number of amides is 1. The highest BCUT2D eigenvalue weighted by atomic mass is 35.5. The number of nitrogens with zero attached hydrogens (tertiary/aromatic N) is 4. The molecule has 0 saturated carbocycles. The summed E-state index contributed by atoms with van der Waals surface area (Å²) in [7, 11) is 0. The number of carbonyl (C=O) groups is 1. The molecule has 0 bridgehead atoms. The zero-order valence-electron chi connectivity index (χ0n) is 11.4. The van der Waals surface area contributed by atoms with E-state index in [2.05, 4.69) is 15.5 Å². The van der Waals surface area contributed by atoms with Gasteiger partial charge in [-0.25, -0.2) is 0 Å². The number of nitrogens with one attached hydrogen (secondary N) is 1. The minimum atomic E-state index is -0.313. The van der Waals surface area contributed by atoms with Crippen LogP contribution < -0.4 is 5.32 Å². The van der Waals surface area contributed by atoms with Crippen LogP contribution in [0.4, 0.5) is 0 Å². The summed E-state index contributed by atoms with van der Waals surface area (Å²) < 4.78 is 3.45.